The quantitative estimate of drug-likeness (QED) is 0.420. The van der Waals surface area contributed by atoms with E-state index >= 15 is 0 Å². The van der Waals surface area contributed by atoms with Crippen molar-refractivity contribution < 1.29 is 24.0 Å². The summed E-state index contributed by atoms with van der Waals surface area (Å²) in [7, 11) is 0. The first kappa shape index (κ1) is 17.6. The van der Waals surface area contributed by atoms with Crippen molar-refractivity contribution >= 4 is 29.8 Å². The molecule has 0 atom stereocenters. The Morgan fingerprint density at radius 3 is 2.33 bits per heavy atom. The van der Waals surface area contributed by atoms with Gasteiger partial charge in [-0.2, -0.15) is 0 Å². The van der Waals surface area contributed by atoms with E-state index < -0.39 is 36.3 Å². The zero-order valence-electron chi connectivity index (χ0n) is 13.2. The molecule has 9 heteroatoms. The van der Waals surface area contributed by atoms with E-state index in [2.05, 4.69) is 17.2 Å². The molecule has 7 amide bonds. The van der Waals surface area contributed by atoms with Gasteiger partial charge in [0.1, 0.15) is 6.54 Å². The van der Waals surface area contributed by atoms with E-state index in [1.165, 1.54) is 6.08 Å². The first-order valence-electron chi connectivity index (χ1n) is 7.82. The van der Waals surface area contributed by atoms with Crippen LogP contribution < -0.4 is 10.6 Å². The monoisotopic (exact) mass is 336 g/mol. The van der Waals surface area contributed by atoms with Gasteiger partial charge < -0.3 is 5.32 Å². The fourth-order valence-electron chi connectivity index (χ4n) is 2.76. The molecule has 0 radical (unpaired) electrons. The fraction of sp³-hybridized carbons (Fsp3) is 0.533. The van der Waals surface area contributed by atoms with Crippen LogP contribution in [0.2, 0.25) is 0 Å². The topological polar surface area (TPSA) is 116 Å². The Kier molecular flexibility index (Phi) is 5.67. The number of urea groups is 2. The number of amides is 7. The molecule has 2 fully saturated rings. The van der Waals surface area contributed by atoms with E-state index in [1.807, 2.05) is 0 Å². The van der Waals surface area contributed by atoms with Gasteiger partial charge in [-0.1, -0.05) is 25.3 Å². The van der Waals surface area contributed by atoms with Gasteiger partial charge in [0.05, 0.1) is 0 Å². The molecule has 2 rings (SSSR count). The maximum Gasteiger partial charge on any atom is 0.335 e. The smallest absolute Gasteiger partial charge is 0.335 e. The van der Waals surface area contributed by atoms with Crippen molar-refractivity contribution in [3.8, 4) is 0 Å². The second-order valence-electron chi connectivity index (χ2n) is 5.73. The molecule has 0 aromatic heterocycles. The van der Waals surface area contributed by atoms with Crippen LogP contribution in [0, 0.1) is 0 Å². The molecular formula is C15H20N4O5. The lowest BCUT2D eigenvalue weighted by atomic mass is 9.96. The highest BCUT2D eigenvalue weighted by molar-refractivity contribution is 6.45. The summed E-state index contributed by atoms with van der Waals surface area (Å²) in [4.78, 5) is 60.1. The summed E-state index contributed by atoms with van der Waals surface area (Å²) in [5.41, 5.74) is 0. The molecule has 2 aliphatic rings. The summed E-state index contributed by atoms with van der Waals surface area (Å²) in [5, 5.41) is 4.76. The molecule has 0 unspecified atom stereocenters. The number of nitrogens with one attached hydrogen (secondary N) is 2. The standard InChI is InChI=1S/C15H20N4O5/c1-2-8-18-12(21)13(22)19(15(18)24)9-11(20)17-14(23)16-10-6-4-3-5-7-10/h2,10H,1,3-9H2,(H2,16,17,20,23). The van der Waals surface area contributed by atoms with Crippen LogP contribution in [0.5, 0.6) is 0 Å². The summed E-state index contributed by atoms with van der Waals surface area (Å²) >= 11 is 0. The van der Waals surface area contributed by atoms with E-state index in [4.69, 9.17) is 0 Å². The number of hydrogen-bond donors (Lipinski definition) is 2. The average molecular weight is 336 g/mol. The van der Waals surface area contributed by atoms with Gasteiger partial charge in [0.15, 0.2) is 0 Å². The van der Waals surface area contributed by atoms with Gasteiger partial charge in [0, 0.05) is 12.6 Å². The van der Waals surface area contributed by atoms with Crippen LogP contribution in [0.1, 0.15) is 32.1 Å². The third-order valence-electron chi connectivity index (χ3n) is 3.94. The third kappa shape index (κ3) is 3.98. The predicted octanol–water partition coefficient (Wildman–Crippen LogP) is 0.122. The summed E-state index contributed by atoms with van der Waals surface area (Å²) < 4.78 is 0. The van der Waals surface area contributed by atoms with Gasteiger partial charge in [0.25, 0.3) is 0 Å². The van der Waals surface area contributed by atoms with E-state index in [0.717, 1.165) is 32.1 Å². The van der Waals surface area contributed by atoms with Crippen molar-refractivity contribution in [1.82, 2.24) is 20.4 Å². The summed E-state index contributed by atoms with van der Waals surface area (Å²) in [6.45, 7) is 2.58. The fourth-order valence-corrected chi connectivity index (χ4v) is 2.76. The van der Waals surface area contributed by atoms with Crippen LogP contribution in [0.25, 0.3) is 0 Å². The van der Waals surface area contributed by atoms with Crippen molar-refractivity contribution in [2.45, 2.75) is 38.1 Å². The molecule has 1 saturated carbocycles. The highest BCUT2D eigenvalue weighted by Crippen LogP contribution is 2.17. The lowest BCUT2D eigenvalue weighted by molar-refractivity contribution is -0.143. The Bertz CT molecular complexity index is 582. The number of hydrogen-bond acceptors (Lipinski definition) is 5. The van der Waals surface area contributed by atoms with Crippen molar-refractivity contribution in [3.63, 3.8) is 0 Å². The number of carbonyl (C=O) groups excluding carboxylic acids is 5. The van der Waals surface area contributed by atoms with Gasteiger partial charge in [-0.15, -0.1) is 6.58 Å². The average Bonchev–Trinajstić information content (AvgIpc) is 2.74. The van der Waals surface area contributed by atoms with Crippen LogP contribution >= 0.6 is 0 Å². The van der Waals surface area contributed by atoms with E-state index in [-0.39, 0.29) is 12.6 Å². The molecule has 9 nitrogen and oxygen atoms in total. The molecule has 0 aromatic carbocycles. The Hall–Kier alpha value is -2.71. The summed E-state index contributed by atoms with van der Waals surface area (Å²) in [6, 6.07) is -1.54. The zero-order chi connectivity index (χ0) is 17.7. The Balaban J connectivity index is 1.86. The van der Waals surface area contributed by atoms with Crippen molar-refractivity contribution in [2.24, 2.45) is 0 Å². The maximum atomic E-state index is 11.9. The van der Waals surface area contributed by atoms with E-state index in [0.29, 0.717) is 9.80 Å². The number of imide groups is 3. The van der Waals surface area contributed by atoms with E-state index in [1.54, 1.807) is 0 Å². The summed E-state index contributed by atoms with van der Waals surface area (Å²) in [6.07, 6.45) is 6.19. The molecule has 0 spiro atoms. The van der Waals surface area contributed by atoms with Gasteiger partial charge in [0.2, 0.25) is 5.91 Å². The Morgan fingerprint density at radius 1 is 1.08 bits per heavy atom. The van der Waals surface area contributed by atoms with Gasteiger partial charge in [-0.3, -0.25) is 24.6 Å². The molecule has 130 valence electrons. The largest absolute Gasteiger partial charge is 0.335 e. The minimum Gasteiger partial charge on any atom is -0.335 e. The number of nitrogens with zero attached hydrogens (tertiary/aromatic N) is 2. The van der Waals surface area contributed by atoms with Crippen LogP contribution in [0.4, 0.5) is 9.59 Å². The minimum absolute atomic E-state index is 0.0197. The first-order valence-corrected chi connectivity index (χ1v) is 7.82. The lowest BCUT2D eigenvalue weighted by Gasteiger charge is -2.22. The maximum absolute atomic E-state index is 11.9. The first-order chi connectivity index (χ1) is 11.4. The zero-order valence-corrected chi connectivity index (χ0v) is 13.2. The SMILES string of the molecule is C=CCN1C(=O)C(=O)N(CC(=O)NC(=O)NC2CCCCC2)C1=O. The third-order valence-corrected chi connectivity index (χ3v) is 3.94. The molecule has 1 saturated heterocycles. The van der Waals surface area contributed by atoms with Crippen LogP contribution in [0.15, 0.2) is 12.7 Å². The summed E-state index contributed by atoms with van der Waals surface area (Å²) in [5.74, 6) is -2.94. The molecule has 2 N–H and O–H groups in total. The van der Waals surface area contributed by atoms with E-state index in [9.17, 15) is 24.0 Å². The number of carbonyl (C=O) groups is 5. The van der Waals surface area contributed by atoms with Gasteiger partial charge in [-0.25, -0.2) is 14.5 Å². The second-order valence-corrected chi connectivity index (χ2v) is 5.73. The Morgan fingerprint density at radius 2 is 1.71 bits per heavy atom. The van der Waals surface area contributed by atoms with Gasteiger partial charge in [-0.05, 0) is 12.8 Å². The highest BCUT2D eigenvalue weighted by atomic mass is 16.2. The Labute approximate surface area is 139 Å². The second kappa shape index (κ2) is 7.71. The minimum atomic E-state index is -1.09. The van der Waals surface area contributed by atoms with Crippen LogP contribution in [0.3, 0.4) is 0 Å². The predicted molar refractivity (Wildman–Crippen MR) is 82.6 cm³/mol. The molecule has 0 aromatic rings. The van der Waals surface area contributed by atoms with Crippen molar-refractivity contribution in [2.75, 3.05) is 13.1 Å². The van der Waals surface area contributed by atoms with Crippen LogP contribution in [-0.2, 0) is 14.4 Å². The molecule has 24 heavy (non-hydrogen) atoms. The molecule has 1 aliphatic heterocycles. The van der Waals surface area contributed by atoms with Gasteiger partial charge >= 0.3 is 23.9 Å². The van der Waals surface area contributed by atoms with Crippen molar-refractivity contribution in [1.29, 1.82) is 0 Å². The number of rotatable bonds is 5. The lowest BCUT2D eigenvalue weighted by Crippen LogP contribution is -2.49. The van der Waals surface area contributed by atoms with Crippen LogP contribution in [-0.4, -0.2) is 58.7 Å². The van der Waals surface area contributed by atoms with Crippen molar-refractivity contribution in [3.05, 3.63) is 12.7 Å². The molecular weight excluding hydrogens is 316 g/mol. The molecule has 1 heterocycles. The molecule has 0 bridgehead atoms. The highest BCUT2D eigenvalue weighted by Gasteiger charge is 2.44. The normalized spacial score (nSPS) is 18.8. The molecule has 1 aliphatic carbocycles.